The summed E-state index contributed by atoms with van der Waals surface area (Å²) in [5.74, 6) is -1.58. The minimum Gasteiger partial charge on any atom is -0.478 e. The van der Waals surface area contributed by atoms with Gasteiger partial charge in [0, 0.05) is 17.5 Å². The van der Waals surface area contributed by atoms with E-state index in [9.17, 15) is 14.4 Å². The SMILES string of the molecule is CCCCC(=O)Nc1nc(C(=O)Nc2ccc(C(=O)O)cc2)cs1. The van der Waals surface area contributed by atoms with Gasteiger partial charge in [-0.25, -0.2) is 9.78 Å². The first-order valence-corrected chi connectivity index (χ1v) is 8.27. The summed E-state index contributed by atoms with van der Waals surface area (Å²) in [4.78, 5) is 38.6. The third-order valence-corrected chi connectivity index (χ3v) is 3.89. The van der Waals surface area contributed by atoms with Gasteiger partial charge in [0.1, 0.15) is 5.69 Å². The molecular weight excluding hydrogens is 330 g/mol. The molecular formula is C16H17N3O4S. The van der Waals surface area contributed by atoms with Crippen molar-refractivity contribution in [1.29, 1.82) is 0 Å². The molecule has 1 aromatic carbocycles. The predicted octanol–water partition coefficient (Wildman–Crippen LogP) is 3.22. The fraction of sp³-hybridized carbons (Fsp3) is 0.250. The molecule has 0 aliphatic heterocycles. The van der Waals surface area contributed by atoms with Crippen LogP contribution in [0.15, 0.2) is 29.6 Å². The maximum absolute atomic E-state index is 12.1. The zero-order valence-corrected chi connectivity index (χ0v) is 13.9. The van der Waals surface area contributed by atoms with Gasteiger partial charge < -0.3 is 15.7 Å². The van der Waals surface area contributed by atoms with E-state index in [0.717, 1.165) is 12.8 Å². The number of anilines is 2. The standard InChI is InChI=1S/C16H17N3O4S/c1-2-3-4-13(20)19-16-18-12(9-24-16)14(21)17-11-7-5-10(6-8-11)15(22)23/h5-9H,2-4H2,1H3,(H,17,21)(H,22,23)(H,18,19,20). The Morgan fingerprint density at radius 3 is 2.50 bits per heavy atom. The number of rotatable bonds is 7. The molecule has 3 N–H and O–H groups in total. The maximum atomic E-state index is 12.1. The van der Waals surface area contributed by atoms with Crippen LogP contribution in [0, 0.1) is 0 Å². The van der Waals surface area contributed by atoms with E-state index < -0.39 is 11.9 Å². The zero-order valence-electron chi connectivity index (χ0n) is 13.0. The highest BCUT2D eigenvalue weighted by molar-refractivity contribution is 7.14. The van der Waals surface area contributed by atoms with E-state index in [4.69, 9.17) is 5.11 Å². The molecule has 0 bridgehead atoms. The zero-order chi connectivity index (χ0) is 17.5. The molecule has 0 unspecified atom stereocenters. The lowest BCUT2D eigenvalue weighted by molar-refractivity contribution is -0.116. The summed E-state index contributed by atoms with van der Waals surface area (Å²) < 4.78 is 0. The number of thiazole rings is 1. The molecule has 0 aliphatic rings. The normalized spacial score (nSPS) is 10.2. The molecule has 2 rings (SSSR count). The number of hydrogen-bond donors (Lipinski definition) is 3. The van der Waals surface area contributed by atoms with Crippen molar-refractivity contribution in [3.8, 4) is 0 Å². The third kappa shape index (κ3) is 4.88. The van der Waals surface area contributed by atoms with Gasteiger partial charge >= 0.3 is 5.97 Å². The minimum atomic E-state index is -1.03. The Labute approximate surface area is 142 Å². The molecule has 2 amide bonds. The van der Waals surface area contributed by atoms with Crippen molar-refractivity contribution in [2.45, 2.75) is 26.2 Å². The van der Waals surface area contributed by atoms with Crippen LogP contribution < -0.4 is 10.6 Å². The highest BCUT2D eigenvalue weighted by Crippen LogP contribution is 2.18. The van der Waals surface area contributed by atoms with Gasteiger partial charge in [-0.15, -0.1) is 11.3 Å². The van der Waals surface area contributed by atoms with Gasteiger partial charge in [0.15, 0.2) is 5.13 Å². The molecule has 0 spiro atoms. The summed E-state index contributed by atoms with van der Waals surface area (Å²) in [5.41, 5.74) is 0.790. The van der Waals surface area contributed by atoms with Crippen LogP contribution in [0.2, 0.25) is 0 Å². The van der Waals surface area contributed by atoms with E-state index in [1.165, 1.54) is 35.6 Å². The first kappa shape index (κ1) is 17.6. The number of aromatic carboxylic acids is 1. The van der Waals surface area contributed by atoms with E-state index in [1.807, 2.05) is 6.92 Å². The number of nitrogens with zero attached hydrogens (tertiary/aromatic N) is 1. The molecule has 2 aromatic rings. The molecule has 1 aromatic heterocycles. The average Bonchev–Trinajstić information content (AvgIpc) is 3.02. The van der Waals surface area contributed by atoms with Crippen LogP contribution in [0.1, 0.15) is 47.0 Å². The monoisotopic (exact) mass is 347 g/mol. The van der Waals surface area contributed by atoms with Gasteiger partial charge in [-0.1, -0.05) is 13.3 Å². The smallest absolute Gasteiger partial charge is 0.335 e. The Balaban J connectivity index is 1.95. The number of unbranched alkanes of at least 4 members (excludes halogenated alkanes) is 1. The van der Waals surface area contributed by atoms with Gasteiger partial charge in [-0.3, -0.25) is 9.59 Å². The van der Waals surface area contributed by atoms with Crippen molar-refractivity contribution in [3.05, 3.63) is 40.9 Å². The molecule has 0 saturated heterocycles. The van der Waals surface area contributed by atoms with Crippen LogP contribution in [0.25, 0.3) is 0 Å². The summed E-state index contributed by atoms with van der Waals surface area (Å²) in [7, 11) is 0. The molecule has 7 nitrogen and oxygen atoms in total. The molecule has 0 atom stereocenters. The summed E-state index contributed by atoms with van der Waals surface area (Å²) in [6.07, 6.45) is 2.16. The van der Waals surface area contributed by atoms with Gasteiger partial charge in [-0.2, -0.15) is 0 Å². The van der Waals surface area contributed by atoms with Crippen LogP contribution in [0.5, 0.6) is 0 Å². The number of aromatic nitrogens is 1. The Morgan fingerprint density at radius 1 is 1.17 bits per heavy atom. The number of benzene rings is 1. The lowest BCUT2D eigenvalue weighted by atomic mass is 10.2. The maximum Gasteiger partial charge on any atom is 0.335 e. The lowest BCUT2D eigenvalue weighted by Gasteiger charge is -2.03. The highest BCUT2D eigenvalue weighted by Gasteiger charge is 2.13. The second-order valence-electron chi connectivity index (χ2n) is 5.03. The topological polar surface area (TPSA) is 108 Å². The van der Waals surface area contributed by atoms with Gasteiger partial charge in [0.05, 0.1) is 5.56 Å². The second kappa shape index (κ2) is 8.21. The van der Waals surface area contributed by atoms with Crippen LogP contribution in [0.3, 0.4) is 0 Å². The van der Waals surface area contributed by atoms with Crippen LogP contribution >= 0.6 is 11.3 Å². The largest absolute Gasteiger partial charge is 0.478 e. The molecule has 1 heterocycles. The van der Waals surface area contributed by atoms with Crippen molar-refractivity contribution in [3.63, 3.8) is 0 Å². The molecule has 8 heteroatoms. The van der Waals surface area contributed by atoms with E-state index in [2.05, 4.69) is 15.6 Å². The van der Waals surface area contributed by atoms with Crippen molar-refractivity contribution in [2.24, 2.45) is 0 Å². The Hall–Kier alpha value is -2.74. The fourth-order valence-electron chi connectivity index (χ4n) is 1.85. The lowest BCUT2D eigenvalue weighted by Crippen LogP contribution is -2.14. The predicted molar refractivity (Wildman–Crippen MR) is 91.6 cm³/mol. The van der Waals surface area contributed by atoms with Gasteiger partial charge in [0.2, 0.25) is 5.91 Å². The number of carbonyl (C=O) groups excluding carboxylic acids is 2. The molecule has 24 heavy (non-hydrogen) atoms. The Bertz CT molecular complexity index is 740. The summed E-state index contributed by atoms with van der Waals surface area (Å²) in [6.45, 7) is 2.00. The number of nitrogens with one attached hydrogen (secondary N) is 2. The van der Waals surface area contributed by atoms with Crippen LogP contribution in [-0.4, -0.2) is 27.9 Å². The van der Waals surface area contributed by atoms with Crippen molar-refractivity contribution in [1.82, 2.24) is 4.98 Å². The third-order valence-electron chi connectivity index (χ3n) is 3.13. The highest BCUT2D eigenvalue weighted by atomic mass is 32.1. The Morgan fingerprint density at radius 2 is 1.88 bits per heavy atom. The summed E-state index contributed by atoms with van der Waals surface area (Å²) in [6, 6.07) is 5.80. The number of carboxylic acid groups (broad SMARTS) is 1. The number of amides is 2. The molecule has 0 saturated carbocycles. The molecule has 0 fully saturated rings. The van der Waals surface area contributed by atoms with Gasteiger partial charge in [0.25, 0.3) is 5.91 Å². The first-order chi connectivity index (χ1) is 11.5. The molecule has 0 radical (unpaired) electrons. The first-order valence-electron chi connectivity index (χ1n) is 7.39. The number of hydrogen-bond acceptors (Lipinski definition) is 5. The second-order valence-corrected chi connectivity index (χ2v) is 5.88. The molecule has 0 aliphatic carbocycles. The van der Waals surface area contributed by atoms with E-state index in [0.29, 0.717) is 17.2 Å². The van der Waals surface area contributed by atoms with Crippen molar-refractivity contribution < 1.29 is 19.5 Å². The Kier molecular flexibility index (Phi) is 6.02. The van der Waals surface area contributed by atoms with Crippen LogP contribution in [-0.2, 0) is 4.79 Å². The van der Waals surface area contributed by atoms with E-state index in [-0.39, 0.29) is 17.2 Å². The molecule has 126 valence electrons. The van der Waals surface area contributed by atoms with Gasteiger partial charge in [-0.05, 0) is 30.7 Å². The average molecular weight is 347 g/mol. The summed E-state index contributed by atoms with van der Waals surface area (Å²) >= 11 is 1.17. The van der Waals surface area contributed by atoms with E-state index >= 15 is 0 Å². The van der Waals surface area contributed by atoms with Crippen molar-refractivity contribution >= 4 is 39.9 Å². The summed E-state index contributed by atoms with van der Waals surface area (Å²) in [5, 5.41) is 16.0. The number of carboxylic acids is 1. The fourth-order valence-corrected chi connectivity index (χ4v) is 2.55. The van der Waals surface area contributed by atoms with Crippen LogP contribution in [0.4, 0.5) is 10.8 Å². The quantitative estimate of drug-likeness (QED) is 0.712. The minimum absolute atomic E-state index is 0.123. The van der Waals surface area contributed by atoms with Crippen molar-refractivity contribution in [2.75, 3.05) is 10.6 Å². The van der Waals surface area contributed by atoms with E-state index in [1.54, 1.807) is 5.38 Å². The number of carbonyl (C=O) groups is 3.